The van der Waals surface area contributed by atoms with Crippen LogP contribution >= 0.6 is 0 Å². The van der Waals surface area contributed by atoms with Crippen LogP contribution in [0.15, 0.2) is 0 Å². The van der Waals surface area contributed by atoms with Gasteiger partial charge in [0.15, 0.2) is 0 Å². The first-order valence-corrected chi connectivity index (χ1v) is 12.4. The Balaban J connectivity index is 4.85. The van der Waals surface area contributed by atoms with Crippen LogP contribution in [0.3, 0.4) is 0 Å². The van der Waals surface area contributed by atoms with Crippen molar-refractivity contribution in [2.75, 3.05) is 7.05 Å². The van der Waals surface area contributed by atoms with E-state index in [1.807, 2.05) is 0 Å². The van der Waals surface area contributed by atoms with Crippen LogP contribution in [-0.4, -0.2) is 49.6 Å². The molecule has 0 saturated carbocycles. The van der Waals surface area contributed by atoms with Gasteiger partial charge in [0.25, 0.3) is 0 Å². The second kappa shape index (κ2) is 5.12. The van der Waals surface area contributed by atoms with E-state index in [-0.39, 0.29) is 0 Å². The SMILES string of the molecule is C[N]([GeH2][N](C(C)(C)C)[Si](C)(C)C)C(C)(C)C. The molecular formula is C12H32GeN2Si. The number of nitrogens with zero attached hydrogens (tertiary/aromatic N) is 2. The molecule has 0 rings (SSSR count). The average Bonchev–Trinajstić information content (AvgIpc) is 1.92. The fourth-order valence-electron chi connectivity index (χ4n) is 1.85. The Labute approximate surface area is 111 Å². The van der Waals surface area contributed by atoms with Gasteiger partial charge >= 0.3 is 111 Å². The third kappa shape index (κ3) is 5.34. The van der Waals surface area contributed by atoms with Crippen LogP contribution in [-0.2, 0) is 0 Å². The molecule has 4 heteroatoms. The Hall–Kier alpha value is 0.680. The third-order valence-electron chi connectivity index (χ3n) is 3.12. The van der Waals surface area contributed by atoms with E-state index in [1.54, 1.807) is 0 Å². The molecule has 0 unspecified atom stereocenters. The molecule has 0 aliphatic carbocycles. The minimum atomic E-state index is -1.19. The summed E-state index contributed by atoms with van der Waals surface area (Å²) < 4.78 is 5.50. The van der Waals surface area contributed by atoms with Gasteiger partial charge in [0, 0.05) is 0 Å². The molecule has 0 saturated heterocycles. The molecule has 0 bridgehead atoms. The molecule has 0 N–H and O–H groups in total. The molecule has 0 aromatic rings. The van der Waals surface area contributed by atoms with Crippen molar-refractivity contribution in [2.24, 2.45) is 0 Å². The molecular weight excluding hydrogens is 273 g/mol. The third-order valence-corrected chi connectivity index (χ3v) is 17.6. The van der Waals surface area contributed by atoms with Gasteiger partial charge in [-0.2, -0.15) is 0 Å². The second-order valence-corrected chi connectivity index (χ2v) is 17.9. The Morgan fingerprint density at radius 2 is 1.19 bits per heavy atom. The van der Waals surface area contributed by atoms with E-state index in [2.05, 4.69) is 75.6 Å². The zero-order valence-corrected chi connectivity index (χ0v) is 17.1. The van der Waals surface area contributed by atoms with Crippen molar-refractivity contribution in [2.45, 2.75) is 72.3 Å². The standard InChI is InChI=1S/C12H32GeN2Si/c1-11(2,3)14(7)13-15(12(4,5)6)16(8,9)10/h13H2,1-10H3. The molecule has 2 nitrogen and oxygen atoms in total. The molecule has 16 heavy (non-hydrogen) atoms. The van der Waals surface area contributed by atoms with E-state index >= 15 is 0 Å². The predicted octanol–water partition coefficient (Wildman–Crippen LogP) is 2.65. The van der Waals surface area contributed by atoms with Gasteiger partial charge in [-0.25, -0.2) is 0 Å². The summed E-state index contributed by atoms with van der Waals surface area (Å²) in [7, 11) is 1.12. The van der Waals surface area contributed by atoms with Crippen LogP contribution in [0.4, 0.5) is 0 Å². The van der Waals surface area contributed by atoms with Crippen molar-refractivity contribution in [1.82, 2.24) is 7.38 Å². The maximum absolute atomic E-state index is 2.87. The Morgan fingerprint density at radius 1 is 0.812 bits per heavy atom. The van der Waals surface area contributed by atoms with E-state index in [9.17, 15) is 0 Å². The fourth-order valence-corrected chi connectivity index (χ4v) is 10.7. The molecule has 98 valence electrons. The van der Waals surface area contributed by atoms with Crippen LogP contribution in [0.25, 0.3) is 0 Å². The molecule has 0 radical (unpaired) electrons. The summed E-state index contributed by atoms with van der Waals surface area (Å²) in [6.45, 7) is 21.5. The minimum absolute atomic E-state index is 0.323. The van der Waals surface area contributed by atoms with E-state index in [0.717, 1.165) is 0 Å². The van der Waals surface area contributed by atoms with E-state index < -0.39 is 24.1 Å². The molecule has 0 aliphatic rings. The van der Waals surface area contributed by atoms with E-state index in [0.29, 0.717) is 11.1 Å². The molecule has 0 spiro atoms. The molecule has 0 atom stereocenters. The topological polar surface area (TPSA) is 6.48 Å². The maximum atomic E-state index is 2.87. The van der Waals surface area contributed by atoms with Crippen LogP contribution in [0.1, 0.15) is 41.5 Å². The van der Waals surface area contributed by atoms with Crippen molar-refractivity contribution in [3.63, 3.8) is 0 Å². The quantitative estimate of drug-likeness (QED) is 0.740. The van der Waals surface area contributed by atoms with Gasteiger partial charge in [0.1, 0.15) is 0 Å². The van der Waals surface area contributed by atoms with Gasteiger partial charge in [-0.05, 0) is 0 Å². The van der Waals surface area contributed by atoms with Gasteiger partial charge < -0.3 is 0 Å². The summed E-state index contributed by atoms with van der Waals surface area (Å²) in [6, 6.07) is 0. The summed E-state index contributed by atoms with van der Waals surface area (Å²) >= 11 is -0.822. The van der Waals surface area contributed by atoms with Gasteiger partial charge in [-0.1, -0.05) is 0 Å². The fraction of sp³-hybridized carbons (Fsp3) is 1.00. The molecule has 0 heterocycles. The summed E-state index contributed by atoms with van der Waals surface area (Å²) in [4.78, 5) is 0. The van der Waals surface area contributed by atoms with Crippen molar-refractivity contribution in [3.8, 4) is 0 Å². The van der Waals surface area contributed by atoms with Gasteiger partial charge in [-0.15, -0.1) is 0 Å². The first-order chi connectivity index (χ1) is 6.76. The van der Waals surface area contributed by atoms with Crippen molar-refractivity contribution in [3.05, 3.63) is 0 Å². The summed E-state index contributed by atoms with van der Waals surface area (Å²) in [5.74, 6) is 0. The van der Waals surface area contributed by atoms with Crippen LogP contribution < -0.4 is 0 Å². The summed E-state index contributed by atoms with van der Waals surface area (Å²) in [5.41, 5.74) is 0.660. The molecule has 0 fully saturated rings. The van der Waals surface area contributed by atoms with E-state index in [1.165, 1.54) is 0 Å². The Kier molecular flexibility index (Phi) is 5.34. The van der Waals surface area contributed by atoms with Gasteiger partial charge in [-0.3, -0.25) is 0 Å². The molecule has 0 aromatic heterocycles. The average molecular weight is 305 g/mol. The van der Waals surface area contributed by atoms with Crippen molar-refractivity contribution >= 4 is 24.1 Å². The summed E-state index contributed by atoms with van der Waals surface area (Å²) in [5, 5.41) is 0. The molecule has 0 amide bonds. The van der Waals surface area contributed by atoms with Crippen LogP contribution in [0, 0.1) is 0 Å². The van der Waals surface area contributed by atoms with E-state index in [4.69, 9.17) is 0 Å². The molecule has 0 aliphatic heterocycles. The van der Waals surface area contributed by atoms with Crippen LogP contribution in [0.5, 0.6) is 0 Å². The summed E-state index contributed by atoms with van der Waals surface area (Å²) in [6.07, 6.45) is 0. The second-order valence-electron chi connectivity index (χ2n) is 7.78. The van der Waals surface area contributed by atoms with Crippen molar-refractivity contribution < 1.29 is 0 Å². The number of hydrogen-bond donors (Lipinski definition) is 0. The van der Waals surface area contributed by atoms with Gasteiger partial charge in [0.05, 0.1) is 0 Å². The number of hydrogen-bond acceptors (Lipinski definition) is 2. The number of rotatable bonds is 3. The zero-order chi connectivity index (χ0) is 13.4. The van der Waals surface area contributed by atoms with Gasteiger partial charge in [0.2, 0.25) is 0 Å². The monoisotopic (exact) mass is 306 g/mol. The van der Waals surface area contributed by atoms with Crippen LogP contribution in [0.2, 0.25) is 19.6 Å². The van der Waals surface area contributed by atoms with Crippen molar-refractivity contribution in [1.29, 1.82) is 0 Å². The zero-order valence-electron chi connectivity index (χ0n) is 13.1. The molecule has 0 aromatic carbocycles. The predicted molar refractivity (Wildman–Crippen MR) is 81.0 cm³/mol. The Bertz CT molecular complexity index is 209. The Morgan fingerprint density at radius 3 is 1.38 bits per heavy atom. The normalized spacial score (nSPS) is 15.8. The first kappa shape index (κ1) is 16.7. The first-order valence-electron chi connectivity index (χ1n) is 6.25.